The summed E-state index contributed by atoms with van der Waals surface area (Å²) in [5.74, 6) is 0.582. The molecular weight excluding hydrogens is 418 g/mol. The number of rotatable bonds is 6. The van der Waals surface area contributed by atoms with Crippen molar-refractivity contribution in [2.24, 2.45) is 7.05 Å². The molecule has 8 nitrogen and oxygen atoms in total. The number of carbonyl (C=O) groups is 3. The minimum absolute atomic E-state index is 0.136. The maximum Gasteiger partial charge on any atom is 0.325 e. The lowest BCUT2D eigenvalue weighted by molar-refractivity contribution is -0.131. The zero-order valence-corrected chi connectivity index (χ0v) is 18.6. The molecule has 170 valence electrons. The minimum atomic E-state index is -0.694. The van der Waals surface area contributed by atoms with Crippen molar-refractivity contribution in [3.63, 3.8) is 0 Å². The molecule has 0 radical (unpaired) electrons. The number of hydrogen-bond acceptors (Lipinski definition) is 4. The number of aromatic nitrogens is 2. The molecule has 8 heteroatoms. The van der Waals surface area contributed by atoms with Crippen molar-refractivity contribution in [1.82, 2.24) is 19.8 Å². The van der Waals surface area contributed by atoms with Gasteiger partial charge in [0.15, 0.2) is 0 Å². The lowest BCUT2D eigenvalue weighted by Crippen LogP contribution is -2.44. The normalized spacial score (nSPS) is 17.2. The van der Waals surface area contributed by atoms with Gasteiger partial charge < -0.3 is 15.2 Å². The molecule has 1 aliphatic heterocycles. The summed E-state index contributed by atoms with van der Waals surface area (Å²) in [5.41, 5.74) is 2.97. The van der Waals surface area contributed by atoms with Crippen LogP contribution in [0.3, 0.4) is 0 Å². The van der Waals surface area contributed by atoms with Gasteiger partial charge >= 0.3 is 6.03 Å². The predicted octanol–water partition coefficient (Wildman–Crippen LogP) is 3.82. The third-order valence-corrected chi connectivity index (χ3v) is 6.70. The number of imide groups is 1. The number of nitrogens with one attached hydrogen (secondary N) is 2. The zero-order valence-electron chi connectivity index (χ0n) is 18.6. The molecule has 2 heterocycles. The molecule has 1 aromatic heterocycles. The number of carbonyl (C=O) groups excluding carboxylic acids is 3. The van der Waals surface area contributed by atoms with Gasteiger partial charge in [0.1, 0.15) is 11.4 Å². The van der Waals surface area contributed by atoms with Crippen LogP contribution in [0.2, 0.25) is 0 Å². The highest BCUT2D eigenvalue weighted by atomic mass is 16.2. The minimum Gasteiger partial charge on any atom is -0.327 e. The number of nitrogens with zero attached hydrogens (tertiary/aromatic N) is 3. The monoisotopic (exact) mass is 445 g/mol. The van der Waals surface area contributed by atoms with Crippen molar-refractivity contribution >= 4 is 34.6 Å². The van der Waals surface area contributed by atoms with Gasteiger partial charge in [0.05, 0.1) is 11.0 Å². The van der Waals surface area contributed by atoms with Gasteiger partial charge in [0.25, 0.3) is 5.91 Å². The van der Waals surface area contributed by atoms with Gasteiger partial charge in [0.2, 0.25) is 5.91 Å². The van der Waals surface area contributed by atoms with Crippen LogP contribution < -0.4 is 10.6 Å². The van der Waals surface area contributed by atoms with Crippen LogP contribution in [-0.4, -0.2) is 44.4 Å². The van der Waals surface area contributed by atoms with Crippen LogP contribution in [0.1, 0.15) is 38.5 Å². The molecule has 1 saturated heterocycles. The fraction of sp³-hybridized carbons (Fsp3) is 0.360. The number of benzene rings is 2. The van der Waals surface area contributed by atoms with Crippen LogP contribution >= 0.6 is 0 Å². The molecule has 0 unspecified atom stereocenters. The van der Waals surface area contributed by atoms with E-state index in [2.05, 4.69) is 15.2 Å². The van der Waals surface area contributed by atoms with Gasteiger partial charge in [-0.2, -0.15) is 0 Å². The van der Waals surface area contributed by atoms with Crippen LogP contribution in [0.5, 0.6) is 0 Å². The summed E-state index contributed by atoms with van der Waals surface area (Å²) in [4.78, 5) is 43.3. The Bertz CT molecular complexity index is 1220. The number of aryl methyl sites for hydroxylation is 1. The summed E-state index contributed by atoms with van der Waals surface area (Å²) in [6.07, 6.45) is 3.99. The molecule has 1 saturated carbocycles. The van der Waals surface area contributed by atoms with Crippen molar-refractivity contribution in [1.29, 1.82) is 0 Å². The van der Waals surface area contributed by atoms with E-state index >= 15 is 0 Å². The molecule has 2 N–H and O–H groups in total. The highest BCUT2D eigenvalue weighted by Gasteiger charge is 2.52. The maximum atomic E-state index is 12.7. The smallest absolute Gasteiger partial charge is 0.325 e. The molecule has 0 bridgehead atoms. The summed E-state index contributed by atoms with van der Waals surface area (Å²) in [5, 5.41) is 5.76. The summed E-state index contributed by atoms with van der Waals surface area (Å²) >= 11 is 0. The number of para-hydroxylation sites is 2. The molecule has 33 heavy (non-hydrogen) atoms. The van der Waals surface area contributed by atoms with Crippen molar-refractivity contribution < 1.29 is 14.4 Å². The molecule has 2 fully saturated rings. The highest BCUT2D eigenvalue weighted by molar-refractivity contribution is 6.07. The second kappa shape index (κ2) is 8.35. The maximum absolute atomic E-state index is 12.7. The number of amides is 4. The van der Waals surface area contributed by atoms with Gasteiger partial charge in [0, 0.05) is 31.3 Å². The van der Waals surface area contributed by atoms with Crippen molar-refractivity contribution in [3.8, 4) is 11.4 Å². The molecule has 1 spiro atoms. The van der Waals surface area contributed by atoms with Gasteiger partial charge in [-0.15, -0.1) is 0 Å². The number of urea groups is 1. The Balaban J connectivity index is 1.16. The molecule has 0 atom stereocenters. The first-order valence-electron chi connectivity index (χ1n) is 11.4. The lowest BCUT2D eigenvalue weighted by atomic mass is 9.98. The predicted molar refractivity (Wildman–Crippen MR) is 125 cm³/mol. The quantitative estimate of drug-likeness (QED) is 0.564. The number of fused-ring (bicyclic) bond motifs is 1. The van der Waals surface area contributed by atoms with Crippen molar-refractivity contribution in [2.75, 3.05) is 11.9 Å². The summed E-state index contributed by atoms with van der Waals surface area (Å²) in [6, 6.07) is 15.2. The molecule has 4 amide bonds. The zero-order chi connectivity index (χ0) is 23.0. The Morgan fingerprint density at radius 2 is 1.82 bits per heavy atom. The van der Waals surface area contributed by atoms with Crippen LogP contribution in [-0.2, 0) is 16.6 Å². The van der Waals surface area contributed by atoms with E-state index < -0.39 is 5.54 Å². The Hall–Kier alpha value is -3.68. The average molecular weight is 446 g/mol. The first-order valence-corrected chi connectivity index (χ1v) is 11.4. The van der Waals surface area contributed by atoms with Crippen LogP contribution in [0.25, 0.3) is 22.4 Å². The van der Waals surface area contributed by atoms with Gasteiger partial charge in [-0.25, -0.2) is 9.78 Å². The van der Waals surface area contributed by atoms with E-state index in [0.717, 1.165) is 35.3 Å². The first-order chi connectivity index (χ1) is 16.0. The summed E-state index contributed by atoms with van der Waals surface area (Å²) < 4.78 is 2.05. The summed E-state index contributed by atoms with van der Waals surface area (Å²) in [7, 11) is 1.99. The second-order valence-corrected chi connectivity index (χ2v) is 8.89. The Labute approximate surface area is 192 Å². The van der Waals surface area contributed by atoms with Crippen molar-refractivity contribution in [3.05, 3.63) is 48.5 Å². The van der Waals surface area contributed by atoms with E-state index in [-0.39, 0.29) is 30.8 Å². The largest absolute Gasteiger partial charge is 0.327 e. The van der Waals surface area contributed by atoms with Crippen LogP contribution in [0, 0.1) is 0 Å². The first kappa shape index (κ1) is 21.2. The number of hydrogen-bond donors (Lipinski definition) is 2. The lowest BCUT2D eigenvalue weighted by Gasteiger charge is -2.19. The topological polar surface area (TPSA) is 96.3 Å². The van der Waals surface area contributed by atoms with E-state index in [4.69, 9.17) is 4.98 Å². The molecule has 5 rings (SSSR count). The standard InChI is InChI=1S/C25H27N5O3/c1-29-20-8-3-2-7-19(20)27-22(29)17-10-12-18(13-11-17)26-21(31)9-6-16-30-23(32)25(28-24(30)33)14-4-5-15-25/h2-3,7-8,10-13H,4-6,9,14-16H2,1H3,(H,26,31)(H,28,33). The summed E-state index contributed by atoms with van der Waals surface area (Å²) in [6.45, 7) is 0.255. The van der Waals surface area contributed by atoms with Gasteiger partial charge in [-0.1, -0.05) is 25.0 Å². The molecule has 2 aliphatic rings. The second-order valence-electron chi connectivity index (χ2n) is 8.89. The average Bonchev–Trinajstić information content (AvgIpc) is 3.48. The van der Waals surface area contributed by atoms with E-state index in [1.807, 2.05) is 55.6 Å². The third kappa shape index (κ3) is 3.86. The highest BCUT2D eigenvalue weighted by Crippen LogP contribution is 2.35. The third-order valence-electron chi connectivity index (χ3n) is 6.70. The van der Waals surface area contributed by atoms with Crippen LogP contribution in [0.15, 0.2) is 48.5 Å². The molecular formula is C25H27N5O3. The van der Waals surface area contributed by atoms with Crippen LogP contribution in [0.4, 0.5) is 10.5 Å². The molecule has 1 aliphatic carbocycles. The van der Waals surface area contributed by atoms with E-state index in [9.17, 15) is 14.4 Å². The van der Waals surface area contributed by atoms with Gasteiger partial charge in [-0.3, -0.25) is 14.5 Å². The van der Waals surface area contributed by atoms with E-state index in [1.54, 1.807) is 0 Å². The van der Waals surface area contributed by atoms with E-state index in [0.29, 0.717) is 24.9 Å². The Morgan fingerprint density at radius 1 is 1.09 bits per heavy atom. The van der Waals surface area contributed by atoms with Gasteiger partial charge in [-0.05, 0) is 55.7 Å². The van der Waals surface area contributed by atoms with E-state index in [1.165, 1.54) is 4.90 Å². The molecule has 2 aromatic carbocycles. The molecule has 3 aromatic rings. The SMILES string of the molecule is Cn1c(-c2ccc(NC(=O)CCCN3C(=O)NC4(CCCC4)C3=O)cc2)nc2ccccc21. The number of imidazole rings is 1. The number of anilines is 1. The Kier molecular flexibility index (Phi) is 5.36. The fourth-order valence-electron chi connectivity index (χ4n) is 4.92. The fourth-order valence-corrected chi connectivity index (χ4v) is 4.92. The Morgan fingerprint density at radius 3 is 2.55 bits per heavy atom. The van der Waals surface area contributed by atoms with Crippen molar-refractivity contribution in [2.45, 2.75) is 44.1 Å².